The van der Waals surface area contributed by atoms with Gasteiger partial charge in [-0.25, -0.2) is 0 Å². The van der Waals surface area contributed by atoms with Crippen LogP contribution in [-0.4, -0.2) is 31.7 Å². The molecular formula is C18H27ClN2O2. The summed E-state index contributed by atoms with van der Waals surface area (Å²) in [7, 11) is 0. The summed E-state index contributed by atoms with van der Waals surface area (Å²) in [6, 6.07) is 10.7. The lowest BCUT2D eigenvalue weighted by atomic mass is 9.91. The highest BCUT2D eigenvalue weighted by Gasteiger charge is 2.28. The third-order valence-corrected chi connectivity index (χ3v) is 4.78. The molecule has 1 aliphatic heterocycles. The van der Waals surface area contributed by atoms with E-state index < -0.39 is 0 Å². The highest BCUT2D eigenvalue weighted by molar-refractivity contribution is 5.85. The van der Waals surface area contributed by atoms with E-state index in [9.17, 15) is 4.79 Å². The van der Waals surface area contributed by atoms with Crippen molar-refractivity contribution in [2.75, 3.05) is 19.8 Å². The minimum absolute atomic E-state index is 0. The van der Waals surface area contributed by atoms with E-state index in [0.29, 0.717) is 18.9 Å². The van der Waals surface area contributed by atoms with Crippen LogP contribution in [0.2, 0.25) is 0 Å². The number of hydrogen-bond donors (Lipinski definition) is 2. The van der Waals surface area contributed by atoms with Crippen LogP contribution in [0.1, 0.15) is 43.7 Å². The molecule has 0 bridgehead atoms. The van der Waals surface area contributed by atoms with Crippen molar-refractivity contribution in [3.05, 3.63) is 35.9 Å². The average Bonchev–Trinajstić information content (AvgIpc) is 3.08. The van der Waals surface area contributed by atoms with Crippen molar-refractivity contribution in [3.8, 4) is 0 Å². The number of carbonyl (C=O) groups is 1. The molecule has 128 valence electrons. The van der Waals surface area contributed by atoms with Crippen molar-refractivity contribution in [1.29, 1.82) is 0 Å². The van der Waals surface area contributed by atoms with Crippen LogP contribution in [-0.2, 0) is 9.53 Å². The zero-order valence-electron chi connectivity index (χ0n) is 13.5. The van der Waals surface area contributed by atoms with Crippen molar-refractivity contribution in [2.45, 2.75) is 44.2 Å². The van der Waals surface area contributed by atoms with Gasteiger partial charge in [0.2, 0.25) is 5.91 Å². The molecule has 1 saturated heterocycles. The summed E-state index contributed by atoms with van der Waals surface area (Å²) < 4.78 is 5.43. The Labute approximate surface area is 144 Å². The summed E-state index contributed by atoms with van der Waals surface area (Å²) >= 11 is 0. The lowest BCUT2D eigenvalue weighted by Gasteiger charge is -2.28. The Bertz CT molecular complexity index is 471. The molecule has 4 nitrogen and oxygen atoms in total. The van der Waals surface area contributed by atoms with E-state index in [1.54, 1.807) is 0 Å². The van der Waals surface area contributed by atoms with Crippen LogP contribution in [0, 0.1) is 5.92 Å². The summed E-state index contributed by atoms with van der Waals surface area (Å²) in [5.74, 6) is 0.700. The number of amides is 1. The standard InChI is InChI=1S/C18H26N2O2.ClH/c21-17(12-16-13-22-11-10-19-16)20-18(15-8-4-5-9-15)14-6-2-1-3-7-14;/h1-3,6-7,15-16,18-19H,4-5,8-13H2,(H,20,21);1H. The summed E-state index contributed by atoms with van der Waals surface area (Å²) in [4.78, 5) is 12.4. The van der Waals surface area contributed by atoms with Crippen molar-refractivity contribution in [1.82, 2.24) is 10.6 Å². The minimum atomic E-state index is 0. The molecule has 23 heavy (non-hydrogen) atoms. The zero-order valence-corrected chi connectivity index (χ0v) is 14.3. The molecule has 5 heteroatoms. The first-order valence-electron chi connectivity index (χ1n) is 8.48. The van der Waals surface area contributed by atoms with Gasteiger partial charge in [-0.2, -0.15) is 0 Å². The van der Waals surface area contributed by atoms with E-state index in [1.165, 1.54) is 31.2 Å². The first-order valence-corrected chi connectivity index (χ1v) is 8.48. The fourth-order valence-electron chi connectivity index (χ4n) is 3.63. The largest absolute Gasteiger partial charge is 0.378 e. The van der Waals surface area contributed by atoms with Gasteiger partial charge in [-0.3, -0.25) is 4.79 Å². The van der Waals surface area contributed by atoms with Crippen LogP contribution in [0.15, 0.2) is 30.3 Å². The van der Waals surface area contributed by atoms with E-state index in [0.717, 1.165) is 13.2 Å². The molecule has 1 heterocycles. The summed E-state index contributed by atoms with van der Waals surface area (Å²) in [5.41, 5.74) is 1.23. The Morgan fingerprint density at radius 3 is 2.65 bits per heavy atom. The number of carbonyl (C=O) groups excluding carboxylic acids is 1. The van der Waals surface area contributed by atoms with Crippen molar-refractivity contribution in [2.24, 2.45) is 5.92 Å². The Morgan fingerprint density at radius 2 is 2.00 bits per heavy atom. The monoisotopic (exact) mass is 338 g/mol. The van der Waals surface area contributed by atoms with Crippen LogP contribution in [0.5, 0.6) is 0 Å². The predicted molar refractivity (Wildman–Crippen MR) is 93.8 cm³/mol. The fraction of sp³-hybridized carbons (Fsp3) is 0.611. The Balaban J connectivity index is 0.00000192. The molecule has 2 unspecified atom stereocenters. The number of hydrogen-bond acceptors (Lipinski definition) is 3. The number of benzene rings is 1. The quantitative estimate of drug-likeness (QED) is 0.868. The number of ether oxygens (including phenoxy) is 1. The molecule has 1 saturated carbocycles. The van der Waals surface area contributed by atoms with Gasteiger partial charge in [-0.15, -0.1) is 12.4 Å². The van der Waals surface area contributed by atoms with Crippen LogP contribution < -0.4 is 10.6 Å². The second kappa shape index (κ2) is 9.26. The van der Waals surface area contributed by atoms with Gasteiger partial charge in [-0.05, 0) is 24.3 Å². The van der Waals surface area contributed by atoms with Gasteiger partial charge in [0.05, 0.1) is 19.3 Å². The Morgan fingerprint density at radius 1 is 1.26 bits per heavy atom. The maximum atomic E-state index is 12.4. The molecule has 0 aromatic heterocycles. The zero-order chi connectivity index (χ0) is 15.2. The first kappa shape index (κ1) is 18.2. The maximum absolute atomic E-state index is 12.4. The van der Waals surface area contributed by atoms with Crippen molar-refractivity contribution < 1.29 is 9.53 Å². The van der Waals surface area contributed by atoms with Crippen LogP contribution in [0.4, 0.5) is 0 Å². The number of morpholine rings is 1. The molecule has 2 aliphatic rings. The number of nitrogens with one attached hydrogen (secondary N) is 2. The van der Waals surface area contributed by atoms with E-state index in [4.69, 9.17) is 4.74 Å². The summed E-state index contributed by atoms with van der Waals surface area (Å²) in [6.07, 6.45) is 5.48. The second-order valence-electron chi connectivity index (χ2n) is 6.43. The molecule has 0 radical (unpaired) electrons. The summed E-state index contributed by atoms with van der Waals surface area (Å²) in [6.45, 7) is 2.21. The molecule has 1 aliphatic carbocycles. The summed E-state index contributed by atoms with van der Waals surface area (Å²) in [5, 5.41) is 6.63. The van der Waals surface area contributed by atoms with Gasteiger partial charge >= 0.3 is 0 Å². The third kappa shape index (κ3) is 5.20. The van der Waals surface area contributed by atoms with E-state index in [1.807, 2.05) is 6.07 Å². The van der Waals surface area contributed by atoms with Crippen molar-refractivity contribution >= 4 is 18.3 Å². The van der Waals surface area contributed by atoms with Gasteiger partial charge in [0.1, 0.15) is 0 Å². The van der Waals surface area contributed by atoms with E-state index in [2.05, 4.69) is 34.9 Å². The Kier molecular flexibility index (Phi) is 7.34. The fourth-order valence-corrected chi connectivity index (χ4v) is 3.63. The predicted octanol–water partition coefficient (Wildman–Crippen LogP) is 2.83. The van der Waals surface area contributed by atoms with Crippen LogP contribution in [0.3, 0.4) is 0 Å². The molecule has 2 N–H and O–H groups in total. The van der Waals surface area contributed by atoms with Gasteiger partial charge in [0.15, 0.2) is 0 Å². The van der Waals surface area contributed by atoms with Gasteiger partial charge < -0.3 is 15.4 Å². The molecule has 1 amide bonds. The normalized spacial score (nSPS) is 23.0. The van der Waals surface area contributed by atoms with Crippen molar-refractivity contribution in [3.63, 3.8) is 0 Å². The van der Waals surface area contributed by atoms with E-state index >= 15 is 0 Å². The number of rotatable bonds is 5. The second-order valence-corrected chi connectivity index (χ2v) is 6.43. The molecule has 1 aromatic rings. The van der Waals surface area contributed by atoms with E-state index in [-0.39, 0.29) is 30.4 Å². The highest BCUT2D eigenvalue weighted by atomic mass is 35.5. The van der Waals surface area contributed by atoms with Gasteiger partial charge in [0.25, 0.3) is 0 Å². The topological polar surface area (TPSA) is 50.4 Å². The lowest BCUT2D eigenvalue weighted by Crippen LogP contribution is -2.45. The van der Waals surface area contributed by atoms with Crippen LogP contribution in [0.25, 0.3) is 0 Å². The maximum Gasteiger partial charge on any atom is 0.222 e. The van der Waals surface area contributed by atoms with Gasteiger partial charge in [0, 0.05) is 19.0 Å². The minimum Gasteiger partial charge on any atom is -0.378 e. The highest BCUT2D eigenvalue weighted by Crippen LogP contribution is 2.35. The first-order chi connectivity index (χ1) is 10.8. The molecule has 2 atom stereocenters. The van der Waals surface area contributed by atoms with Crippen LogP contribution >= 0.6 is 12.4 Å². The molecular weight excluding hydrogens is 312 g/mol. The average molecular weight is 339 g/mol. The smallest absolute Gasteiger partial charge is 0.222 e. The molecule has 2 fully saturated rings. The SMILES string of the molecule is Cl.O=C(CC1COCCN1)NC(c1ccccc1)C1CCCC1. The number of halogens is 1. The third-order valence-electron chi connectivity index (χ3n) is 4.78. The Hall–Kier alpha value is -1.10. The molecule has 0 spiro atoms. The molecule has 3 rings (SSSR count). The van der Waals surface area contributed by atoms with Gasteiger partial charge in [-0.1, -0.05) is 43.2 Å². The molecule has 1 aromatic carbocycles. The lowest BCUT2D eigenvalue weighted by molar-refractivity contribution is -0.123.